The van der Waals surface area contributed by atoms with Gasteiger partial charge in [-0.15, -0.1) is 11.3 Å². The lowest BCUT2D eigenvalue weighted by Gasteiger charge is -2.18. The number of nitrogens with two attached hydrogens (primary N) is 1. The van der Waals surface area contributed by atoms with Gasteiger partial charge >= 0.3 is 0 Å². The first kappa shape index (κ1) is 17.6. The third-order valence-corrected chi connectivity index (χ3v) is 4.28. The second kappa shape index (κ2) is 8.79. The Morgan fingerprint density at radius 3 is 2.96 bits per heavy atom. The van der Waals surface area contributed by atoms with E-state index in [0.29, 0.717) is 43.4 Å². The second-order valence-electron chi connectivity index (χ2n) is 5.97. The SMILES string of the molecule is CC(C)CC(CN)NC(=O)CCCc1nc(-c2cccs2)no1. The summed E-state index contributed by atoms with van der Waals surface area (Å²) in [5, 5.41) is 8.91. The van der Waals surface area contributed by atoms with E-state index in [2.05, 4.69) is 29.3 Å². The highest BCUT2D eigenvalue weighted by atomic mass is 32.1. The van der Waals surface area contributed by atoms with Gasteiger partial charge in [0.25, 0.3) is 0 Å². The van der Waals surface area contributed by atoms with Crippen LogP contribution in [0.4, 0.5) is 0 Å². The zero-order chi connectivity index (χ0) is 16.7. The molecule has 23 heavy (non-hydrogen) atoms. The Bertz CT molecular complexity index is 595. The van der Waals surface area contributed by atoms with Crippen molar-refractivity contribution >= 4 is 17.2 Å². The van der Waals surface area contributed by atoms with Crippen LogP contribution in [0, 0.1) is 5.92 Å². The predicted molar refractivity (Wildman–Crippen MR) is 91.0 cm³/mol. The molecule has 6 nitrogen and oxygen atoms in total. The summed E-state index contributed by atoms with van der Waals surface area (Å²) < 4.78 is 5.22. The molecule has 1 amide bonds. The number of rotatable bonds is 9. The smallest absolute Gasteiger partial charge is 0.226 e. The van der Waals surface area contributed by atoms with E-state index in [9.17, 15) is 4.79 Å². The van der Waals surface area contributed by atoms with Crippen LogP contribution < -0.4 is 11.1 Å². The van der Waals surface area contributed by atoms with E-state index in [1.807, 2.05) is 17.5 Å². The summed E-state index contributed by atoms with van der Waals surface area (Å²) in [5.41, 5.74) is 5.69. The van der Waals surface area contributed by atoms with Gasteiger partial charge in [-0.05, 0) is 30.2 Å². The molecule has 0 saturated carbocycles. The average molecular weight is 336 g/mol. The van der Waals surface area contributed by atoms with E-state index in [1.54, 1.807) is 11.3 Å². The highest BCUT2D eigenvalue weighted by Gasteiger charge is 2.13. The van der Waals surface area contributed by atoms with Crippen molar-refractivity contribution in [2.75, 3.05) is 6.54 Å². The van der Waals surface area contributed by atoms with Crippen LogP contribution in [0.3, 0.4) is 0 Å². The summed E-state index contributed by atoms with van der Waals surface area (Å²) >= 11 is 1.57. The maximum Gasteiger partial charge on any atom is 0.226 e. The van der Waals surface area contributed by atoms with E-state index in [1.165, 1.54) is 0 Å². The van der Waals surface area contributed by atoms with Crippen molar-refractivity contribution in [3.8, 4) is 10.7 Å². The third kappa shape index (κ3) is 5.76. The molecule has 2 aromatic heterocycles. The molecular formula is C16H24N4O2S. The van der Waals surface area contributed by atoms with Crippen molar-refractivity contribution in [1.82, 2.24) is 15.5 Å². The molecule has 0 fully saturated rings. The molecule has 126 valence electrons. The van der Waals surface area contributed by atoms with Gasteiger partial charge in [-0.25, -0.2) is 0 Å². The van der Waals surface area contributed by atoms with Crippen molar-refractivity contribution in [2.45, 2.75) is 45.6 Å². The number of amides is 1. The number of carbonyl (C=O) groups is 1. The van der Waals surface area contributed by atoms with Gasteiger partial charge in [0, 0.05) is 25.4 Å². The van der Waals surface area contributed by atoms with Crippen molar-refractivity contribution in [3.05, 3.63) is 23.4 Å². The lowest BCUT2D eigenvalue weighted by molar-refractivity contribution is -0.121. The van der Waals surface area contributed by atoms with E-state index in [-0.39, 0.29) is 11.9 Å². The standard InChI is InChI=1S/C16H24N4O2S/c1-11(2)9-12(10-17)18-14(21)6-3-7-15-19-16(20-22-15)13-5-4-8-23-13/h4-5,8,11-12H,3,6-7,9-10,17H2,1-2H3,(H,18,21). The Kier molecular flexibility index (Phi) is 6.73. The Balaban J connectivity index is 1.73. The minimum absolute atomic E-state index is 0.0269. The normalized spacial score (nSPS) is 12.5. The average Bonchev–Trinajstić information content (AvgIpc) is 3.16. The number of aryl methyl sites for hydroxylation is 1. The molecule has 2 aromatic rings. The lowest BCUT2D eigenvalue weighted by Crippen LogP contribution is -2.40. The van der Waals surface area contributed by atoms with Gasteiger partial charge in [-0.3, -0.25) is 4.79 Å². The molecule has 0 aliphatic rings. The largest absolute Gasteiger partial charge is 0.352 e. The number of hydrogen-bond donors (Lipinski definition) is 2. The summed E-state index contributed by atoms with van der Waals surface area (Å²) in [4.78, 5) is 17.3. The predicted octanol–water partition coefficient (Wildman–Crippen LogP) is 2.61. The molecule has 0 aliphatic heterocycles. The van der Waals surface area contributed by atoms with Gasteiger partial charge < -0.3 is 15.6 Å². The molecule has 2 heterocycles. The number of aromatic nitrogens is 2. The Morgan fingerprint density at radius 2 is 2.30 bits per heavy atom. The number of hydrogen-bond acceptors (Lipinski definition) is 6. The summed E-state index contributed by atoms with van der Waals surface area (Å²) in [7, 11) is 0. The van der Waals surface area contributed by atoms with Crippen molar-refractivity contribution in [2.24, 2.45) is 11.7 Å². The number of carbonyl (C=O) groups excluding carboxylic acids is 1. The fourth-order valence-corrected chi connectivity index (χ4v) is 2.99. The molecule has 0 bridgehead atoms. The maximum absolute atomic E-state index is 11.9. The van der Waals surface area contributed by atoms with Crippen molar-refractivity contribution in [3.63, 3.8) is 0 Å². The molecule has 1 atom stereocenters. The molecule has 1 unspecified atom stereocenters. The zero-order valence-corrected chi connectivity index (χ0v) is 14.4. The fourth-order valence-electron chi connectivity index (χ4n) is 2.35. The first-order valence-electron chi connectivity index (χ1n) is 7.94. The first-order chi connectivity index (χ1) is 11.1. The minimum atomic E-state index is 0.0269. The van der Waals surface area contributed by atoms with Gasteiger partial charge in [-0.2, -0.15) is 4.98 Å². The maximum atomic E-state index is 11.9. The number of nitrogens with zero attached hydrogens (tertiary/aromatic N) is 2. The van der Waals surface area contributed by atoms with E-state index in [0.717, 1.165) is 11.3 Å². The van der Waals surface area contributed by atoms with Gasteiger partial charge in [0.1, 0.15) is 0 Å². The van der Waals surface area contributed by atoms with E-state index in [4.69, 9.17) is 10.3 Å². The third-order valence-electron chi connectivity index (χ3n) is 3.41. The quantitative estimate of drug-likeness (QED) is 0.734. The van der Waals surface area contributed by atoms with Crippen LogP contribution in [0.25, 0.3) is 10.7 Å². The minimum Gasteiger partial charge on any atom is -0.352 e. The zero-order valence-electron chi connectivity index (χ0n) is 13.6. The Morgan fingerprint density at radius 1 is 1.48 bits per heavy atom. The molecule has 0 spiro atoms. The van der Waals surface area contributed by atoms with Crippen molar-refractivity contribution < 1.29 is 9.32 Å². The van der Waals surface area contributed by atoms with Gasteiger partial charge in [0.05, 0.1) is 4.88 Å². The molecule has 7 heteroatoms. The molecule has 0 saturated heterocycles. The second-order valence-corrected chi connectivity index (χ2v) is 6.92. The monoisotopic (exact) mass is 336 g/mol. The summed E-state index contributed by atoms with van der Waals surface area (Å²) in [5.74, 6) is 1.72. The van der Waals surface area contributed by atoms with Gasteiger partial charge in [0.2, 0.25) is 17.6 Å². The lowest BCUT2D eigenvalue weighted by atomic mass is 10.0. The fraction of sp³-hybridized carbons (Fsp3) is 0.562. The number of nitrogens with one attached hydrogen (secondary N) is 1. The molecule has 3 N–H and O–H groups in total. The van der Waals surface area contributed by atoms with E-state index < -0.39 is 0 Å². The summed E-state index contributed by atoms with van der Waals surface area (Å²) in [6, 6.07) is 3.95. The summed E-state index contributed by atoms with van der Waals surface area (Å²) in [6.07, 6.45) is 2.61. The van der Waals surface area contributed by atoms with Crippen LogP contribution in [0.2, 0.25) is 0 Å². The van der Waals surface area contributed by atoms with Crippen LogP contribution in [-0.4, -0.2) is 28.6 Å². The van der Waals surface area contributed by atoms with Crippen LogP contribution in [-0.2, 0) is 11.2 Å². The number of thiophene rings is 1. The van der Waals surface area contributed by atoms with Crippen molar-refractivity contribution in [1.29, 1.82) is 0 Å². The van der Waals surface area contributed by atoms with Crippen LogP contribution >= 0.6 is 11.3 Å². The van der Waals surface area contributed by atoms with Crippen LogP contribution in [0.5, 0.6) is 0 Å². The Labute approximate surface area is 140 Å². The molecule has 0 radical (unpaired) electrons. The molecular weight excluding hydrogens is 312 g/mol. The molecule has 2 rings (SSSR count). The van der Waals surface area contributed by atoms with Crippen LogP contribution in [0.15, 0.2) is 22.0 Å². The first-order valence-corrected chi connectivity index (χ1v) is 8.82. The van der Waals surface area contributed by atoms with Crippen LogP contribution in [0.1, 0.15) is 39.0 Å². The van der Waals surface area contributed by atoms with E-state index >= 15 is 0 Å². The highest BCUT2D eigenvalue weighted by molar-refractivity contribution is 7.13. The molecule has 0 aromatic carbocycles. The summed E-state index contributed by atoms with van der Waals surface area (Å²) in [6.45, 7) is 4.71. The van der Waals surface area contributed by atoms with Gasteiger partial charge in [0.15, 0.2) is 0 Å². The Hall–Kier alpha value is -1.73. The highest BCUT2D eigenvalue weighted by Crippen LogP contribution is 2.21. The topological polar surface area (TPSA) is 94.0 Å². The van der Waals surface area contributed by atoms with Gasteiger partial charge in [-0.1, -0.05) is 25.1 Å². The molecule has 0 aliphatic carbocycles.